The van der Waals surface area contributed by atoms with Crippen molar-refractivity contribution in [3.63, 3.8) is 0 Å². The fourth-order valence-electron chi connectivity index (χ4n) is 2.88. The van der Waals surface area contributed by atoms with E-state index in [1.54, 1.807) is 0 Å². The van der Waals surface area contributed by atoms with Crippen LogP contribution in [0.2, 0.25) is 19.6 Å². The van der Waals surface area contributed by atoms with E-state index in [2.05, 4.69) is 46.2 Å². The summed E-state index contributed by atoms with van der Waals surface area (Å²) in [6, 6.07) is 12.2. The van der Waals surface area contributed by atoms with Gasteiger partial charge in [-0.25, -0.2) is 9.97 Å². The quantitative estimate of drug-likeness (QED) is 0.683. The fraction of sp³-hybridized carbons (Fsp3) is 0.316. The molecule has 3 aromatic rings. The van der Waals surface area contributed by atoms with Gasteiger partial charge in [0.15, 0.2) is 11.6 Å². The molecule has 1 aliphatic rings. The van der Waals surface area contributed by atoms with Crippen LogP contribution in [0.15, 0.2) is 42.6 Å². The normalized spacial score (nSPS) is 14.5. The standard InChI is InChI=1S/C19H23N5Si/c1-25(2,3)16-12-20-18(14-7-5-4-6-8-14)22-19(16)21-17-11-15(23-24-17)13-9-10-13/h4-8,11-13H,9-10H2,1-3H3,(H2,20,21,22,23,24). The molecular formula is C19H23N5Si. The van der Waals surface area contributed by atoms with Crippen molar-refractivity contribution >= 4 is 24.9 Å². The molecule has 2 aromatic heterocycles. The Morgan fingerprint density at radius 1 is 1.12 bits per heavy atom. The second kappa shape index (κ2) is 6.11. The molecule has 4 rings (SSSR count). The van der Waals surface area contributed by atoms with E-state index in [1.807, 2.05) is 36.5 Å². The van der Waals surface area contributed by atoms with Gasteiger partial charge in [-0.05, 0) is 18.0 Å². The molecule has 0 unspecified atom stereocenters. The van der Waals surface area contributed by atoms with Gasteiger partial charge in [-0.15, -0.1) is 0 Å². The largest absolute Gasteiger partial charge is 0.323 e. The van der Waals surface area contributed by atoms with Crippen LogP contribution in [0, 0.1) is 0 Å². The highest BCUT2D eigenvalue weighted by atomic mass is 28.3. The number of hydrogen-bond donors (Lipinski definition) is 2. The Kier molecular flexibility index (Phi) is 3.92. The van der Waals surface area contributed by atoms with Crippen LogP contribution in [0.3, 0.4) is 0 Å². The summed E-state index contributed by atoms with van der Waals surface area (Å²) < 4.78 is 0. The molecule has 0 saturated heterocycles. The van der Waals surface area contributed by atoms with E-state index in [0.717, 1.165) is 23.0 Å². The van der Waals surface area contributed by atoms with E-state index in [4.69, 9.17) is 4.98 Å². The highest BCUT2D eigenvalue weighted by Crippen LogP contribution is 2.39. The third-order valence-electron chi connectivity index (χ3n) is 4.49. The lowest BCUT2D eigenvalue weighted by Gasteiger charge is -2.20. The molecule has 0 amide bonds. The lowest BCUT2D eigenvalue weighted by molar-refractivity contribution is 0.966. The van der Waals surface area contributed by atoms with Crippen molar-refractivity contribution in [3.05, 3.63) is 48.3 Å². The number of hydrogen-bond acceptors (Lipinski definition) is 4. The van der Waals surface area contributed by atoms with Crippen LogP contribution in [0.1, 0.15) is 24.5 Å². The van der Waals surface area contributed by atoms with Gasteiger partial charge in [0.25, 0.3) is 0 Å². The summed E-state index contributed by atoms with van der Waals surface area (Å²) in [6.45, 7) is 6.91. The Hall–Kier alpha value is -2.47. The van der Waals surface area contributed by atoms with Crippen LogP contribution in [-0.2, 0) is 0 Å². The minimum Gasteiger partial charge on any atom is -0.323 e. The molecule has 0 aliphatic heterocycles. The Morgan fingerprint density at radius 3 is 2.56 bits per heavy atom. The summed E-state index contributed by atoms with van der Waals surface area (Å²) in [5, 5.41) is 12.2. The van der Waals surface area contributed by atoms with Crippen molar-refractivity contribution in [1.82, 2.24) is 20.2 Å². The highest BCUT2D eigenvalue weighted by Gasteiger charge is 2.26. The second-order valence-electron chi connectivity index (χ2n) is 7.68. The average molecular weight is 350 g/mol. The average Bonchev–Trinajstić information content (AvgIpc) is 3.35. The van der Waals surface area contributed by atoms with E-state index >= 15 is 0 Å². The van der Waals surface area contributed by atoms with Crippen molar-refractivity contribution in [2.24, 2.45) is 0 Å². The summed E-state index contributed by atoms with van der Waals surface area (Å²) in [6.07, 6.45) is 4.50. The summed E-state index contributed by atoms with van der Waals surface area (Å²) in [5.74, 6) is 3.11. The van der Waals surface area contributed by atoms with Crippen molar-refractivity contribution in [2.45, 2.75) is 38.4 Å². The van der Waals surface area contributed by atoms with Crippen LogP contribution in [0.4, 0.5) is 11.6 Å². The van der Waals surface area contributed by atoms with Crippen LogP contribution in [-0.4, -0.2) is 28.2 Å². The molecule has 0 spiro atoms. The third kappa shape index (κ3) is 3.49. The van der Waals surface area contributed by atoms with Gasteiger partial charge in [0, 0.05) is 29.4 Å². The minimum absolute atomic E-state index is 0.657. The van der Waals surface area contributed by atoms with Crippen LogP contribution < -0.4 is 10.5 Å². The summed E-state index contributed by atoms with van der Waals surface area (Å²) >= 11 is 0. The number of nitrogens with one attached hydrogen (secondary N) is 2. The zero-order valence-electron chi connectivity index (χ0n) is 14.9. The van der Waals surface area contributed by atoms with E-state index in [0.29, 0.717) is 5.92 Å². The van der Waals surface area contributed by atoms with Crippen LogP contribution in [0.25, 0.3) is 11.4 Å². The van der Waals surface area contributed by atoms with Crippen molar-refractivity contribution in [2.75, 3.05) is 5.32 Å². The number of anilines is 2. The first kappa shape index (κ1) is 16.0. The lowest BCUT2D eigenvalue weighted by Crippen LogP contribution is -2.40. The van der Waals surface area contributed by atoms with Crippen molar-refractivity contribution in [3.8, 4) is 11.4 Å². The van der Waals surface area contributed by atoms with Crippen molar-refractivity contribution < 1.29 is 0 Å². The number of aromatic nitrogens is 4. The SMILES string of the molecule is C[Si](C)(C)c1cnc(-c2ccccc2)nc1Nc1cc(C2CC2)[nH]n1. The lowest BCUT2D eigenvalue weighted by atomic mass is 10.2. The number of nitrogens with zero attached hydrogens (tertiary/aromatic N) is 3. The molecule has 128 valence electrons. The maximum atomic E-state index is 4.83. The molecule has 0 radical (unpaired) electrons. The second-order valence-corrected chi connectivity index (χ2v) is 12.7. The van der Waals surface area contributed by atoms with Gasteiger partial charge in [-0.1, -0.05) is 50.0 Å². The third-order valence-corrected chi connectivity index (χ3v) is 6.47. The summed E-state index contributed by atoms with van der Waals surface area (Å²) in [7, 11) is -1.58. The smallest absolute Gasteiger partial charge is 0.161 e. The topological polar surface area (TPSA) is 66.5 Å². The monoisotopic (exact) mass is 349 g/mol. The van der Waals surface area contributed by atoms with Gasteiger partial charge in [0.1, 0.15) is 5.82 Å². The van der Waals surface area contributed by atoms with Gasteiger partial charge < -0.3 is 5.32 Å². The molecule has 1 aliphatic carbocycles. The molecule has 2 N–H and O–H groups in total. The molecule has 5 nitrogen and oxygen atoms in total. The van der Waals surface area contributed by atoms with E-state index in [-0.39, 0.29) is 0 Å². The fourth-order valence-corrected chi connectivity index (χ4v) is 4.16. The zero-order valence-corrected chi connectivity index (χ0v) is 15.9. The maximum absolute atomic E-state index is 4.83. The first-order chi connectivity index (χ1) is 12.0. The molecule has 1 saturated carbocycles. The predicted molar refractivity (Wildman–Crippen MR) is 104 cm³/mol. The molecule has 1 fully saturated rings. The van der Waals surface area contributed by atoms with E-state index in [9.17, 15) is 0 Å². The first-order valence-electron chi connectivity index (χ1n) is 8.76. The van der Waals surface area contributed by atoms with E-state index in [1.165, 1.54) is 23.7 Å². The van der Waals surface area contributed by atoms with Gasteiger partial charge in [0.2, 0.25) is 0 Å². The van der Waals surface area contributed by atoms with Crippen LogP contribution in [0.5, 0.6) is 0 Å². The molecule has 0 bridgehead atoms. The summed E-state index contributed by atoms with van der Waals surface area (Å²) in [5.41, 5.74) is 2.24. The molecule has 25 heavy (non-hydrogen) atoms. The van der Waals surface area contributed by atoms with Gasteiger partial charge >= 0.3 is 0 Å². The predicted octanol–water partition coefficient (Wildman–Crippen LogP) is 4.03. The summed E-state index contributed by atoms with van der Waals surface area (Å²) in [4.78, 5) is 9.45. The highest BCUT2D eigenvalue weighted by molar-refractivity contribution is 6.89. The van der Waals surface area contributed by atoms with Gasteiger partial charge in [0.05, 0.1) is 8.07 Å². The number of H-pyrrole nitrogens is 1. The van der Waals surface area contributed by atoms with Gasteiger partial charge in [-0.2, -0.15) is 5.10 Å². The van der Waals surface area contributed by atoms with Crippen LogP contribution >= 0.6 is 0 Å². The molecule has 2 heterocycles. The molecular weight excluding hydrogens is 326 g/mol. The number of rotatable bonds is 5. The van der Waals surface area contributed by atoms with E-state index < -0.39 is 8.07 Å². The first-order valence-corrected chi connectivity index (χ1v) is 12.3. The Morgan fingerprint density at radius 2 is 1.88 bits per heavy atom. The zero-order chi connectivity index (χ0) is 17.4. The molecule has 0 atom stereocenters. The molecule has 1 aromatic carbocycles. The molecule has 6 heteroatoms. The minimum atomic E-state index is -1.58. The number of benzene rings is 1. The Labute approximate surface area is 148 Å². The van der Waals surface area contributed by atoms with Crippen molar-refractivity contribution in [1.29, 1.82) is 0 Å². The Balaban J connectivity index is 1.71. The van der Waals surface area contributed by atoms with Gasteiger partial charge in [-0.3, -0.25) is 5.10 Å². The number of aromatic amines is 1. The Bertz CT molecular complexity index is 878. The maximum Gasteiger partial charge on any atom is 0.161 e.